The van der Waals surface area contributed by atoms with Gasteiger partial charge in [0.1, 0.15) is 0 Å². The van der Waals surface area contributed by atoms with Crippen LogP contribution in [0.15, 0.2) is 41.2 Å². The molecule has 72 valence electrons. The van der Waals surface area contributed by atoms with Crippen molar-refractivity contribution in [2.24, 2.45) is 10.7 Å². The fourth-order valence-electron chi connectivity index (χ4n) is 0.726. The molecule has 5 heteroatoms. The van der Waals surface area contributed by atoms with Crippen molar-refractivity contribution in [2.75, 3.05) is 0 Å². The third-order valence-corrected chi connectivity index (χ3v) is 1.41. The summed E-state index contributed by atoms with van der Waals surface area (Å²) >= 11 is 0. The Balaban J connectivity index is 2.78. The van der Waals surface area contributed by atoms with Crippen LogP contribution in [0.3, 0.4) is 0 Å². The number of carbonyl (C=O) groups is 1. The van der Waals surface area contributed by atoms with Gasteiger partial charge in [0, 0.05) is 12.4 Å². The minimum atomic E-state index is -0.743. The second-order valence-corrected chi connectivity index (χ2v) is 2.39. The van der Waals surface area contributed by atoms with Crippen LogP contribution < -0.4 is 5.73 Å². The van der Waals surface area contributed by atoms with Gasteiger partial charge in [0.2, 0.25) is 0 Å². The molecule has 1 aromatic heterocycles. The maximum atomic E-state index is 10.6. The fourth-order valence-corrected chi connectivity index (χ4v) is 0.726. The summed E-state index contributed by atoms with van der Waals surface area (Å²) in [5, 5.41) is 8.60. The topological polar surface area (TPSA) is 88.6 Å². The molecule has 0 fully saturated rings. The number of aromatic nitrogens is 1. The Morgan fingerprint density at radius 3 is 2.86 bits per heavy atom. The molecular formula is C9H9N3O2. The van der Waals surface area contributed by atoms with Gasteiger partial charge in [-0.05, 0) is 12.1 Å². The average Bonchev–Trinajstić information content (AvgIpc) is 2.20. The molecule has 0 unspecified atom stereocenters. The predicted octanol–water partition coefficient (Wildman–Crippen LogP) is 0.711. The van der Waals surface area contributed by atoms with Crippen molar-refractivity contribution in [3.05, 3.63) is 36.2 Å². The summed E-state index contributed by atoms with van der Waals surface area (Å²) in [7, 11) is 0. The summed E-state index contributed by atoms with van der Waals surface area (Å²) in [4.78, 5) is 18.4. The number of hydrogen-bond donors (Lipinski definition) is 2. The van der Waals surface area contributed by atoms with Crippen molar-refractivity contribution in [2.45, 2.75) is 0 Å². The zero-order chi connectivity index (χ0) is 10.4. The zero-order valence-corrected chi connectivity index (χ0v) is 7.29. The van der Waals surface area contributed by atoms with Gasteiger partial charge in [-0.2, -0.15) is 0 Å². The van der Waals surface area contributed by atoms with E-state index >= 15 is 0 Å². The SMILES string of the molecule is NC(=O)C(/C=N/c1ccccn1)=C/O. The molecule has 14 heavy (non-hydrogen) atoms. The van der Waals surface area contributed by atoms with Crippen LogP contribution in [0.4, 0.5) is 5.82 Å². The molecule has 0 aliphatic carbocycles. The lowest BCUT2D eigenvalue weighted by Crippen LogP contribution is -2.14. The van der Waals surface area contributed by atoms with Gasteiger partial charge in [-0.25, -0.2) is 9.98 Å². The first-order valence-electron chi connectivity index (χ1n) is 3.83. The van der Waals surface area contributed by atoms with Crippen molar-refractivity contribution in [1.29, 1.82) is 0 Å². The smallest absolute Gasteiger partial charge is 0.253 e. The van der Waals surface area contributed by atoms with E-state index in [9.17, 15) is 4.79 Å². The van der Waals surface area contributed by atoms with E-state index in [-0.39, 0.29) is 5.57 Å². The van der Waals surface area contributed by atoms with E-state index in [1.165, 1.54) is 0 Å². The van der Waals surface area contributed by atoms with Crippen LogP contribution in [-0.2, 0) is 4.79 Å². The second kappa shape index (κ2) is 4.76. The quantitative estimate of drug-likeness (QED) is 0.419. The lowest BCUT2D eigenvalue weighted by molar-refractivity contribution is -0.114. The standard InChI is InChI=1S/C9H9N3O2/c10-9(14)7(6-13)5-12-8-3-1-2-4-11-8/h1-6,13H,(H2,10,14)/b7-6+,12-5+. The average molecular weight is 191 g/mol. The van der Waals surface area contributed by atoms with Crippen LogP contribution in [0.1, 0.15) is 0 Å². The monoisotopic (exact) mass is 191 g/mol. The Labute approximate surface area is 80.6 Å². The second-order valence-electron chi connectivity index (χ2n) is 2.39. The van der Waals surface area contributed by atoms with E-state index in [0.29, 0.717) is 12.1 Å². The number of aliphatic imine (C=N–C) groups is 1. The molecular weight excluding hydrogens is 182 g/mol. The van der Waals surface area contributed by atoms with Crippen LogP contribution in [0.5, 0.6) is 0 Å². The number of carbonyl (C=O) groups excluding carboxylic acids is 1. The van der Waals surface area contributed by atoms with Gasteiger partial charge in [0.05, 0.1) is 11.8 Å². The van der Waals surface area contributed by atoms with E-state index < -0.39 is 5.91 Å². The maximum Gasteiger partial charge on any atom is 0.253 e. The summed E-state index contributed by atoms with van der Waals surface area (Å²) < 4.78 is 0. The number of amides is 1. The number of pyridine rings is 1. The number of primary amides is 1. The highest BCUT2D eigenvalue weighted by atomic mass is 16.2. The molecule has 0 aliphatic heterocycles. The van der Waals surface area contributed by atoms with E-state index in [0.717, 1.165) is 6.21 Å². The number of hydrogen-bond acceptors (Lipinski definition) is 4. The van der Waals surface area contributed by atoms with Gasteiger partial charge in [-0.3, -0.25) is 4.79 Å². The molecule has 0 radical (unpaired) electrons. The van der Waals surface area contributed by atoms with Crippen LogP contribution in [0, 0.1) is 0 Å². The van der Waals surface area contributed by atoms with Gasteiger partial charge in [-0.15, -0.1) is 0 Å². The summed E-state index contributed by atoms with van der Waals surface area (Å²) in [5.41, 5.74) is 4.86. The first-order valence-corrected chi connectivity index (χ1v) is 3.83. The number of rotatable bonds is 3. The summed E-state index contributed by atoms with van der Waals surface area (Å²) in [6, 6.07) is 5.16. The molecule has 5 nitrogen and oxygen atoms in total. The normalized spacial score (nSPS) is 11.9. The minimum Gasteiger partial charge on any atom is -0.515 e. The molecule has 0 bridgehead atoms. The van der Waals surface area contributed by atoms with Gasteiger partial charge in [0.25, 0.3) is 5.91 Å². The van der Waals surface area contributed by atoms with Crippen molar-refractivity contribution in [1.82, 2.24) is 4.98 Å². The molecule has 3 N–H and O–H groups in total. The third kappa shape index (κ3) is 2.71. The Bertz CT molecular complexity index is 371. The third-order valence-electron chi connectivity index (χ3n) is 1.41. The molecule has 0 aliphatic rings. The summed E-state index contributed by atoms with van der Waals surface area (Å²) in [6.45, 7) is 0. The van der Waals surface area contributed by atoms with Crippen molar-refractivity contribution < 1.29 is 9.90 Å². The molecule has 1 aromatic rings. The van der Waals surface area contributed by atoms with Crippen LogP contribution in [0.2, 0.25) is 0 Å². The molecule has 1 rings (SSSR count). The van der Waals surface area contributed by atoms with Gasteiger partial charge >= 0.3 is 0 Å². The summed E-state index contributed by atoms with van der Waals surface area (Å²) in [6.07, 6.45) is 3.33. The minimum absolute atomic E-state index is 0.0735. The van der Waals surface area contributed by atoms with Gasteiger partial charge in [0.15, 0.2) is 5.82 Å². The van der Waals surface area contributed by atoms with Crippen LogP contribution in [-0.4, -0.2) is 22.2 Å². The van der Waals surface area contributed by atoms with Gasteiger partial charge < -0.3 is 10.8 Å². The Hall–Kier alpha value is -2.17. The van der Waals surface area contributed by atoms with Gasteiger partial charge in [-0.1, -0.05) is 6.07 Å². The molecule has 1 heterocycles. The molecule has 1 amide bonds. The van der Waals surface area contributed by atoms with Crippen molar-refractivity contribution >= 4 is 17.9 Å². The molecule has 0 saturated heterocycles. The first-order chi connectivity index (χ1) is 6.74. The van der Waals surface area contributed by atoms with E-state index in [2.05, 4.69) is 9.98 Å². The predicted molar refractivity (Wildman–Crippen MR) is 52.3 cm³/mol. The number of nitrogens with zero attached hydrogens (tertiary/aromatic N) is 2. The lowest BCUT2D eigenvalue weighted by atomic mass is 10.3. The first kappa shape index (κ1) is 9.91. The van der Waals surface area contributed by atoms with Crippen LogP contribution in [0.25, 0.3) is 0 Å². The zero-order valence-electron chi connectivity index (χ0n) is 7.29. The number of nitrogens with two attached hydrogens (primary N) is 1. The van der Waals surface area contributed by atoms with Crippen LogP contribution >= 0.6 is 0 Å². The maximum absolute atomic E-state index is 10.6. The van der Waals surface area contributed by atoms with E-state index in [4.69, 9.17) is 10.8 Å². The fraction of sp³-hybridized carbons (Fsp3) is 0. The Kier molecular flexibility index (Phi) is 3.37. The van der Waals surface area contributed by atoms with Crippen molar-refractivity contribution in [3.8, 4) is 0 Å². The largest absolute Gasteiger partial charge is 0.515 e. The molecule has 0 atom stereocenters. The lowest BCUT2D eigenvalue weighted by Gasteiger charge is -1.92. The highest BCUT2D eigenvalue weighted by Crippen LogP contribution is 2.04. The molecule has 0 saturated carbocycles. The highest BCUT2D eigenvalue weighted by Gasteiger charge is 2.00. The van der Waals surface area contributed by atoms with E-state index in [1.54, 1.807) is 24.4 Å². The molecule has 0 aromatic carbocycles. The summed E-state index contributed by atoms with van der Waals surface area (Å²) in [5.74, 6) is -0.305. The highest BCUT2D eigenvalue weighted by molar-refractivity contribution is 6.11. The number of aliphatic hydroxyl groups excluding tert-OH is 1. The van der Waals surface area contributed by atoms with Crippen molar-refractivity contribution in [3.63, 3.8) is 0 Å². The molecule has 0 spiro atoms. The number of aliphatic hydroxyl groups is 1. The Morgan fingerprint density at radius 1 is 1.57 bits per heavy atom. The van der Waals surface area contributed by atoms with E-state index in [1.807, 2.05) is 0 Å². The Morgan fingerprint density at radius 2 is 2.36 bits per heavy atom.